The first-order valence-corrected chi connectivity index (χ1v) is 17.4. The van der Waals surface area contributed by atoms with E-state index >= 15 is 0 Å². The van der Waals surface area contributed by atoms with Gasteiger partial charge in [-0.3, -0.25) is 0 Å². The SMILES string of the molecule is CC(/C=C(/c1ccc(C2=NC(c3cccc4ccccc34)=CC(c3cccc4ccccc34)N2)cc1)c1ccccc1C)=N\c1ncccc1C. The fourth-order valence-corrected chi connectivity index (χ4v) is 6.97. The molecule has 0 aliphatic carbocycles. The van der Waals surface area contributed by atoms with Crippen LogP contribution in [0.1, 0.15) is 51.9 Å². The van der Waals surface area contributed by atoms with E-state index < -0.39 is 0 Å². The second kappa shape index (κ2) is 13.9. The van der Waals surface area contributed by atoms with Crippen LogP contribution in [0.4, 0.5) is 5.82 Å². The van der Waals surface area contributed by atoms with Crippen molar-refractivity contribution < 1.29 is 0 Å². The largest absolute Gasteiger partial charge is 0.359 e. The van der Waals surface area contributed by atoms with Crippen LogP contribution in [-0.4, -0.2) is 16.5 Å². The minimum atomic E-state index is -0.0754. The molecule has 0 saturated carbocycles. The van der Waals surface area contributed by atoms with Crippen LogP contribution in [0.25, 0.3) is 32.8 Å². The van der Waals surface area contributed by atoms with Gasteiger partial charge in [-0.2, -0.15) is 0 Å². The first-order valence-electron chi connectivity index (χ1n) is 17.4. The average Bonchev–Trinajstić information content (AvgIpc) is 3.17. The van der Waals surface area contributed by atoms with Crippen molar-refractivity contribution >= 4 is 50.2 Å². The Hall–Kier alpha value is -6.39. The van der Waals surface area contributed by atoms with Crippen molar-refractivity contribution in [3.8, 4) is 0 Å². The number of allylic oxidation sites excluding steroid dienone is 1. The maximum absolute atomic E-state index is 5.30. The van der Waals surface area contributed by atoms with Crippen molar-refractivity contribution in [3.05, 3.63) is 203 Å². The molecule has 1 unspecified atom stereocenters. The summed E-state index contributed by atoms with van der Waals surface area (Å²) in [6.45, 7) is 6.23. The summed E-state index contributed by atoms with van der Waals surface area (Å²) in [6.07, 6.45) is 6.23. The third kappa shape index (κ3) is 6.52. The van der Waals surface area contributed by atoms with Crippen LogP contribution in [0.5, 0.6) is 0 Å². The van der Waals surface area contributed by atoms with Crippen molar-refractivity contribution in [2.45, 2.75) is 26.8 Å². The first-order chi connectivity index (χ1) is 25.0. The number of nitrogens with zero attached hydrogens (tertiary/aromatic N) is 3. The van der Waals surface area contributed by atoms with E-state index in [4.69, 9.17) is 9.98 Å². The molecule has 1 aromatic heterocycles. The molecule has 7 aromatic rings. The molecule has 4 nitrogen and oxygen atoms in total. The summed E-state index contributed by atoms with van der Waals surface area (Å²) in [4.78, 5) is 14.7. The lowest BCUT2D eigenvalue weighted by atomic mass is 9.92. The van der Waals surface area contributed by atoms with E-state index in [1.807, 2.05) is 26.0 Å². The standard InChI is InChI=1S/C47H38N4/c1-31-13-4-7-19-38(31)43(29-33(3)49-46-32(2)14-12-28-48-46)36-24-26-37(27-25-36)47-50-44(41-22-10-17-34-15-5-8-20-39(34)41)30-45(51-47)42-23-11-18-35-16-6-9-21-40(35)42/h4-30,44H,1-3H3,(H,50,51)/b43-29-,49-33+. The van der Waals surface area contributed by atoms with Crippen LogP contribution in [0.3, 0.4) is 0 Å². The average molecular weight is 659 g/mol. The predicted octanol–water partition coefficient (Wildman–Crippen LogP) is 11.4. The van der Waals surface area contributed by atoms with Crippen molar-refractivity contribution in [3.63, 3.8) is 0 Å². The van der Waals surface area contributed by atoms with E-state index in [0.717, 1.165) is 50.9 Å². The monoisotopic (exact) mass is 658 g/mol. The van der Waals surface area contributed by atoms with Crippen LogP contribution in [0.2, 0.25) is 0 Å². The molecule has 0 amide bonds. The number of aryl methyl sites for hydroxylation is 2. The van der Waals surface area contributed by atoms with Gasteiger partial charge in [0.25, 0.3) is 0 Å². The van der Waals surface area contributed by atoms with Gasteiger partial charge < -0.3 is 5.32 Å². The number of nitrogens with one attached hydrogen (secondary N) is 1. The van der Waals surface area contributed by atoms with Crippen LogP contribution >= 0.6 is 0 Å². The number of aromatic nitrogens is 1. The first kappa shape index (κ1) is 31.9. The molecule has 2 heterocycles. The predicted molar refractivity (Wildman–Crippen MR) is 215 cm³/mol. The summed E-state index contributed by atoms with van der Waals surface area (Å²) in [5, 5.41) is 8.65. The topological polar surface area (TPSA) is 49.6 Å². The molecule has 1 aliphatic rings. The van der Waals surface area contributed by atoms with Gasteiger partial charge in [0.1, 0.15) is 5.84 Å². The second-order valence-electron chi connectivity index (χ2n) is 13.1. The number of fused-ring (bicyclic) bond motifs is 2. The summed E-state index contributed by atoms with van der Waals surface area (Å²) < 4.78 is 0. The summed E-state index contributed by atoms with van der Waals surface area (Å²) in [5.74, 6) is 1.58. The van der Waals surface area contributed by atoms with Gasteiger partial charge in [-0.1, -0.05) is 140 Å². The number of pyridine rings is 1. The van der Waals surface area contributed by atoms with Crippen molar-refractivity contribution in [2.24, 2.45) is 9.98 Å². The highest BCUT2D eigenvalue weighted by atomic mass is 15.0. The number of amidine groups is 1. The normalized spacial score (nSPS) is 15.0. The summed E-state index contributed by atoms with van der Waals surface area (Å²) in [5.41, 5.74) is 10.8. The van der Waals surface area contributed by atoms with Gasteiger partial charge in [0.05, 0.1) is 11.7 Å². The zero-order valence-corrected chi connectivity index (χ0v) is 29.0. The molecular weight excluding hydrogens is 621 g/mol. The van der Waals surface area contributed by atoms with Crippen LogP contribution in [0.15, 0.2) is 174 Å². The molecule has 1 N–H and O–H groups in total. The van der Waals surface area contributed by atoms with Gasteiger partial charge in [-0.05, 0) is 93.9 Å². The van der Waals surface area contributed by atoms with Crippen LogP contribution in [0, 0.1) is 13.8 Å². The summed E-state index contributed by atoms with van der Waals surface area (Å²) in [7, 11) is 0. The molecule has 246 valence electrons. The summed E-state index contributed by atoms with van der Waals surface area (Å²) >= 11 is 0. The molecule has 0 saturated heterocycles. The van der Waals surface area contributed by atoms with Gasteiger partial charge in [0.15, 0.2) is 5.82 Å². The molecule has 1 aliphatic heterocycles. The number of hydrogen-bond donors (Lipinski definition) is 1. The summed E-state index contributed by atoms with van der Waals surface area (Å²) in [6, 6.07) is 51.3. The third-order valence-corrected chi connectivity index (χ3v) is 9.59. The lowest BCUT2D eigenvalue weighted by molar-refractivity contribution is 0.787. The van der Waals surface area contributed by atoms with Gasteiger partial charge in [-0.15, -0.1) is 0 Å². The fraction of sp³-hybridized carbons (Fsp3) is 0.0851. The highest BCUT2D eigenvalue weighted by Crippen LogP contribution is 2.35. The fourth-order valence-electron chi connectivity index (χ4n) is 6.97. The molecule has 0 spiro atoms. The van der Waals surface area contributed by atoms with E-state index in [0.29, 0.717) is 0 Å². The zero-order chi connectivity index (χ0) is 34.7. The lowest BCUT2D eigenvalue weighted by Crippen LogP contribution is -2.31. The Bertz CT molecular complexity index is 2520. The number of aliphatic imine (C=N–C) groups is 2. The molecule has 0 fully saturated rings. The van der Waals surface area contributed by atoms with Crippen molar-refractivity contribution in [2.75, 3.05) is 0 Å². The molecular formula is C47H38N4. The maximum atomic E-state index is 5.30. The minimum absolute atomic E-state index is 0.0754. The number of hydrogen-bond acceptors (Lipinski definition) is 4. The molecule has 4 heteroatoms. The van der Waals surface area contributed by atoms with Gasteiger partial charge in [-0.25, -0.2) is 15.0 Å². The Kier molecular flexibility index (Phi) is 8.65. The number of rotatable bonds is 7. The maximum Gasteiger partial charge on any atom is 0.154 e. The van der Waals surface area contributed by atoms with Crippen LogP contribution < -0.4 is 5.32 Å². The molecule has 6 aromatic carbocycles. The molecule has 8 rings (SSSR count). The quantitative estimate of drug-likeness (QED) is 0.173. The second-order valence-corrected chi connectivity index (χ2v) is 13.1. The molecule has 0 bridgehead atoms. The third-order valence-electron chi connectivity index (χ3n) is 9.59. The van der Waals surface area contributed by atoms with E-state index in [-0.39, 0.29) is 6.04 Å². The van der Waals surface area contributed by atoms with Crippen LogP contribution in [-0.2, 0) is 0 Å². The van der Waals surface area contributed by atoms with Crippen molar-refractivity contribution in [1.82, 2.24) is 10.3 Å². The van der Waals surface area contributed by atoms with E-state index in [1.165, 1.54) is 38.2 Å². The molecule has 0 radical (unpaired) electrons. The lowest BCUT2D eigenvalue weighted by Gasteiger charge is -2.26. The Labute approximate surface area is 299 Å². The number of benzene rings is 6. The zero-order valence-electron chi connectivity index (χ0n) is 29.0. The van der Waals surface area contributed by atoms with Gasteiger partial charge in [0.2, 0.25) is 0 Å². The highest BCUT2D eigenvalue weighted by molar-refractivity contribution is 6.07. The van der Waals surface area contributed by atoms with Gasteiger partial charge >= 0.3 is 0 Å². The highest BCUT2D eigenvalue weighted by Gasteiger charge is 2.22. The van der Waals surface area contributed by atoms with Crippen molar-refractivity contribution in [1.29, 1.82) is 0 Å². The minimum Gasteiger partial charge on any atom is -0.359 e. The van der Waals surface area contributed by atoms with E-state index in [9.17, 15) is 0 Å². The molecule has 51 heavy (non-hydrogen) atoms. The Balaban J connectivity index is 1.22. The molecule has 1 atom stereocenters. The smallest absolute Gasteiger partial charge is 0.154 e. The Morgan fingerprint density at radius 3 is 2.12 bits per heavy atom. The van der Waals surface area contributed by atoms with E-state index in [2.05, 4.69) is 163 Å². The van der Waals surface area contributed by atoms with Gasteiger partial charge in [0, 0.05) is 23.0 Å². The Morgan fingerprint density at radius 2 is 1.33 bits per heavy atom. The Morgan fingerprint density at radius 1 is 0.667 bits per heavy atom. The van der Waals surface area contributed by atoms with E-state index in [1.54, 1.807) is 6.20 Å².